The Kier molecular flexibility index (Phi) is 5.31. The molecular formula is C24H18BrNO. The zero-order chi connectivity index (χ0) is 18.5. The van der Waals surface area contributed by atoms with Crippen LogP contribution in [0.3, 0.4) is 0 Å². The maximum absolute atomic E-state index is 6.09. The maximum Gasteiger partial charge on any atom is 0.129 e. The van der Waals surface area contributed by atoms with Gasteiger partial charge in [-0.1, -0.05) is 76.6 Å². The minimum Gasteiger partial charge on any atom is -0.488 e. The van der Waals surface area contributed by atoms with Crippen LogP contribution in [0.4, 0.5) is 0 Å². The zero-order valence-electron chi connectivity index (χ0n) is 14.7. The first-order valence-electron chi connectivity index (χ1n) is 8.79. The molecule has 4 rings (SSSR count). The van der Waals surface area contributed by atoms with Crippen LogP contribution in [0.15, 0.2) is 102 Å². The number of nitrogens with zero attached hydrogens (tertiary/aromatic N) is 1. The van der Waals surface area contributed by atoms with Crippen LogP contribution in [0.1, 0.15) is 5.56 Å². The molecule has 132 valence electrons. The molecule has 1 heterocycles. The molecule has 0 aliphatic rings. The lowest BCUT2D eigenvalue weighted by Gasteiger charge is -2.12. The van der Waals surface area contributed by atoms with Gasteiger partial charge in [0.25, 0.3) is 0 Å². The van der Waals surface area contributed by atoms with Crippen molar-refractivity contribution in [1.29, 1.82) is 0 Å². The number of ether oxygens (including phenoxy) is 1. The molecule has 0 aliphatic heterocycles. The van der Waals surface area contributed by atoms with Crippen LogP contribution >= 0.6 is 15.9 Å². The van der Waals surface area contributed by atoms with E-state index in [0.717, 1.165) is 38.3 Å². The molecule has 0 fully saturated rings. The van der Waals surface area contributed by atoms with Crippen molar-refractivity contribution in [1.82, 2.24) is 4.98 Å². The van der Waals surface area contributed by atoms with E-state index in [9.17, 15) is 0 Å². The van der Waals surface area contributed by atoms with E-state index in [1.165, 1.54) is 0 Å². The van der Waals surface area contributed by atoms with Gasteiger partial charge in [-0.05, 0) is 42.0 Å². The lowest BCUT2D eigenvalue weighted by atomic mass is 10.1. The highest BCUT2D eigenvalue weighted by atomic mass is 79.9. The number of hydrogen-bond donors (Lipinski definition) is 0. The summed E-state index contributed by atoms with van der Waals surface area (Å²) < 4.78 is 7.14. The average molecular weight is 416 g/mol. The van der Waals surface area contributed by atoms with Crippen molar-refractivity contribution in [3.63, 3.8) is 0 Å². The summed E-state index contributed by atoms with van der Waals surface area (Å²) in [5.41, 5.74) is 5.05. The number of benzene rings is 3. The Labute approximate surface area is 167 Å². The van der Waals surface area contributed by atoms with Crippen molar-refractivity contribution in [2.24, 2.45) is 0 Å². The summed E-state index contributed by atoms with van der Waals surface area (Å²) in [7, 11) is 0. The Morgan fingerprint density at radius 3 is 2.30 bits per heavy atom. The van der Waals surface area contributed by atoms with E-state index < -0.39 is 0 Å². The number of para-hydroxylation sites is 1. The van der Waals surface area contributed by atoms with Crippen LogP contribution in [-0.4, -0.2) is 4.98 Å². The van der Waals surface area contributed by atoms with E-state index in [0.29, 0.717) is 6.61 Å². The quantitative estimate of drug-likeness (QED) is 0.359. The highest BCUT2D eigenvalue weighted by Crippen LogP contribution is 2.31. The van der Waals surface area contributed by atoms with Gasteiger partial charge in [-0.25, -0.2) is 4.98 Å². The average Bonchev–Trinajstić information content (AvgIpc) is 2.73. The minimum atomic E-state index is 0.531. The van der Waals surface area contributed by atoms with Crippen LogP contribution in [0, 0.1) is 0 Å². The molecule has 1 aromatic heterocycles. The van der Waals surface area contributed by atoms with E-state index >= 15 is 0 Å². The van der Waals surface area contributed by atoms with E-state index in [4.69, 9.17) is 9.72 Å². The van der Waals surface area contributed by atoms with Crippen molar-refractivity contribution >= 4 is 15.9 Å². The van der Waals surface area contributed by atoms with Gasteiger partial charge in [-0.15, -0.1) is 0 Å². The molecule has 0 unspecified atom stereocenters. The van der Waals surface area contributed by atoms with Crippen molar-refractivity contribution in [2.75, 3.05) is 0 Å². The number of pyridine rings is 1. The smallest absolute Gasteiger partial charge is 0.129 e. The summed E-state index contributed by atoms with van der Waals surface area (Å²) >= 11 is 3.53. The molecule has 0 radical (unpaired) electrons. The molecule has 0 atom stereocenters. The van der Waals surface area contributed by atoms with E-state index in [1.54, 1.807) is 0 Å². The first-order chi connectivity index (χ1) is 13.3. The number of rotatable bonds is 5. The molecule has 0 saturated carbocycles. The topological polar surface area (TPSA) is 22.1 Å². The molecular weight excluding hydrogens is 398 g/mol. The highest BCUT2D eigenvalue weighted by molar-refractivity contribution is 9.10. The van der Waals surface area contributed by atoms with Gasteiger partial charge < -0.3 is 4.74 Å². The second-order valence-electron chi connectivity index (χ2n) is 6.19. The normalized spacial score (nSPS) is 10.6. The second-order valence-corrected chi connectivity index (χ2v) is 7.10. The van der Waals surface area contributed by atoms with Crippen molar-refractivity contribution in [2.45, 2.75) is 6.61 Å². The summed E-state index contributed by atoms with van der Waals surface area (Å²) in [5, 5.41) is 0. The van der Waals surface area contributed by atoms with Crippen molar-refractivity contribution in [3.05, 3.63) is 107 Å². The molecule has 0 saturated heterocycles. The van der Waals surface area contributed by atoms with E-state index in [-0.39, 0.29) is 0 Å². The Morgan fingerprint density at radius 1 is 0.704 bits per heavy atom. The van der Waals surface area contributed by atoms with Crippen LogP contribution in [0.25, 0.3) is 22.5 Å². The molecule has 0 amide bonds. The van der Waals surface area contributed by atoms with Gasteiger partial charge in [0.1, 0.15) is 12.4 Å². The van der Waals surface area contributed by atoms with Gasteiger partial charge in [0.15, 0.2) is 0 Å². The Bertz CT molecular complexity index is 1050. The standard InChI is InChI=1S/C24H18BrNO/c25-20-11-6-10-19(16-20)22-13-7-14-23(26-22)21-12-4-5-15-24(21)27-17-18-8-2-1-3-9-18/h1-16H,17H2. The molecule has 27 heavy (non-hydrogen) atoms. The highest BCUT2D eigenvalue weighted by Gasteiger charge is 2.09. The first-order valence-corrected chi connectivity index (χ1v) is 9.58. The molecule has 0 spiro atoms. The number of hydrogen-bond acceptors (Lipinski definition) is 2. The van der Waals surface area contributed by atoms with Gasteiger partial charge in [0.2, 0.25) is 0 Å². The van der Waals surface area contributed by atoms with Gasteiger partial charge in [-0.2, -0.15) is 0 Å². The van der Waals surface area contributed by atoms with Crippen LogP contribution in [0.2, 0.25) is 0 Å². The monoisotopic (exact) mass is 415 g/mol. The first kappa shape index (κ1) is 17.5. The lowest BCUT2D eigenvalue weighted by Crippen LogP contribution is -1.97. The largest absolute Gasteiger partial charge is 0.488 e. The fourth-order valence-electron chi connectivity index (χ4n) is 2.93. The minimum absolute atomic E-state index is 0.531. The van der Waals surface area contributed by atoms with Gasteiger partial charge >= 0.3 is 0 Å². The predicted molar refractivity (Wildman–Crippen MR) is 114 cm³/mol. The molecule has 3 heteroatoms. The van der Waals surface area contributed by atoms with E-state index in [1.807, 2.05) is 72.8 Å². The molecule has 0 aliphatic carbocycles. The molecule has 2 nitrogen and oxygen atoms in total. The molecule has 0 N–H and O–H groups in total. The summed E-state index contributed by atoms with van der Waals surface area (Å²) in [4.78, 5) is 4.87. The van der Waals surface area contributed by atoms with Crippen LogP contribution in [-0.2, 0) is 6.61 Å². The molecule has 4 aromatic rings. The third-order valence-corrected chi connectivity index (χ3v) is 4.76. The lowest BCUT2D eigenvalue weighted by molar-refractivity contribution is 0.307. The summed E-state index contributed by atoms with van der Waals surface area (Å²) in [6.45, 7) is 0.531. The van der Waals surface area contributed by atoms with Crippen LogP contribution < -0.4 is 4.74 Å². The third-order valence-electron chi connectivity index (χ3n) is 4.27. The molecule has 3 aromatic carbocycles. The van der Waals surface area contributed by atoms with Crippen molar-refractivity contribution < 1.29 is 4.74 Å². The SMILES string of the molecule is Brc1cccc(-c2cccc(-c3ccccc3OCc3ccccc3)n2)c1. The predicted octanol–water partition coefficient (Wildman–Crippen LogP) is 6.76. The fraction of sp³-hybridized carbons (Fsp3) is 0.0417. The summed E-state index contributed by atoms with van der Waals surface area (Å²) in [5.74, 6) is 0.834. The maximum atomic E-state index is 6.09. The van der Waals surface area contributed by atoms with Gasteiger partial charge in [0.05, 0.1) is 11.4 Å². The third kappa shape index (κ3) is 4.26. The van der Waals surface area contributed by atoms with Gasteiger partial charge in [-0.3, -0.25) is 0 Å². The Balaban J connectivity index is 1.65. The number of aromatic nitrogens is 1. The van der Waals surface area contributed by atoms with Crippen LogP contribution in [0.5, 0.6) is 5.75 Å². The zero-order valence-corrected chi connectivity index (χ0v) is 16.3. The Morgan fingerprint density at radius 2 is 1.44 bits per heavy atom. The summed E-state index contributed by atoms with van der Waals surface area (Å²) in [6, 6.07) is 32.5. The Hall–Kier alpha value is -2.91. The summed E-state index contributed by atoms with van der Waals surface area (Å²) in [6.07, 6.45) is 0. The molecule has 0 bridgehead atoms. The number of halogens is 1. The second kappa shape index (κ2) is 8.19. The fourth-order valence-corrected chi connectivity index (χ4v) is 3.33. The van der Waals surface area contributed by atoms with E-state index in [2.05, 4.69) is 40.2 Å². The van der Waals surface area contributed by atoms with Crippen molar-refractivity contribution in [3.8, 4) is 28.3 Å². The van der Waals surface area contributed by atoms with Gasteiger partial charge in [0, 0.05) is 15.6 Å².